The van der Waals surface area contributed by atoms with Gasteiger partial charge in [0.25, 0.3) is 0 Å². The Balaban J connectivity index is 1.19. The lowest BCUT2D eigenvalue weighted by atomic mass is 9.53. The van der Waals surface area contributed by atoms with Crippen molar-refractivity contribution in [3.05, 3.63) is 29.3 Å². The summed E-state index contributed by atoms with van der Waals surface area (Å²) in [6.07, 6.45) is 17.6. The van der Waals surface area contributed by atoms with Crippen LogP contribution in [0.2, 0.25) is 0 Å². The molecule has 2 saturated carbocycles. The molecule has 0 amide bonds. The molecule has 6 atom stereocenters. The number of benzene rings is 1. The number of hydrogen-bond acceptors (Lipinski definition) is 4. The normalized spacial score (nSPS) is 30.8. The fraction of sp³-hybridized carbons (Fsp3) is 0.781. The first-order chi connectivity index (χ1) is 17.4. The summed E-state index contributed by atoms with van der Waals surface area (Å²) in [7, 11) is 0. The van der Waals surface area contributed by atoms with Gasteiger partial charge in [0, 0.05) is 5.41 Å². The number of rotatable bonds is 12. The zero-order valence-electron chi connectivity index (χ0n) is 23.1. The number of fused-ring (bicyclic) bond motifs is 5. The number of ether oxygens (including phenoxy) is 2. The van der Waals surface area contributed by atoms with E-state index in [1.807, 2.05) is 12.1 Å². The Morgan fingerprint density at radius 3 is 2.42 bits per heavy atom. The van der Waals surface area contributed by atoms with Gasteiger partial charge in [0.1, 0.15) is 11.9 Å². The van der Waals surface area contributed by atoms with Gasteiger partial charge in [-0.05, 0) is 85.5 Å². The molecule has 0 radical (unpaired) electrons. The number of carbonyl (C=O) groups is 1. The minimum Gasteiger partial charge on any atom is -0.508 e. The van der Waals surface area contributed by atoms with Crippen LogP contribution in [0.25, 0.3) is 0 Å². The average molecular weight is 499 g/mol. The number of hydrogen-bond donors (Lipinski definition) is 1. The van der Waals surface area contributed by atoms with E-state index in [1.54, 1.807) is 0 Å². The maximum Gasteiger partial charge on any atom is 0.508 e. The third-order valence-electron chi connectivity index (χ3n) is 9.93. The summed E-state index contributed by atoms with van der Waals surface area (Å²) < 4.78 is 11.5. The summed E-state index contributed by atoms with van der Waals surface area (Å²) in [5.41, 5.74) is 2.81. The predicted molar refractivity (Wildman–Crippen MR) is 145 cm³/mol. The van der Waals surface area contributed by atoms with Crippen molar-refractivity contribution in [2.75, 3.05) is 6.61 Å². The second kappa shape index (κ2) is 12.7. The Hall–Kier alpha value is -1.71. The van der Waals surface area contributed by atoms with Crippen LogP contribution in [-0.2, 0) is 15.9 Å². The third-order valence-corrected chi connectivity index (χ3v) is 9.93. The molecule has 202 valence electrons. The molecule has 3 aliphatic carbocycles. The van der Waals surface area contributed by atoms with E-state index in [0.29, 0.717) is 36.0 Å². The molecule has 4 rings (SSSR count). The van der Waals surface area contributed by atoms with Crippen LogP contribution in [-0.4, -0.2) is 24.0 Å². The second-order valence-corrected chi connectivity index (χ2v) is 12.4. The van der Waals surface area contributed by atoms with E-state index < -0.39 is 6.16 Å². The largest absolute Gasteiger partial charge is 0.508 e. The Morgan fingerprint density at radius 1 is 1.00 bits per heavy atom. The minimum absolute atomic E-state index is 0.0305. The summed E-state index contributed by atoms with van der Waals surface area (Å²) in [4.78, 5) is 12.6. The Bertz CT molecular complexity index is 851. The second-order valence-electron chi connectivity index (χ2n) is 12.4. The number of carbonyl (C=O) groups excluding carboxylic acids is 1. The fourth-order valence-corrected chi connectivity index (χ4v) is 8.01. The zero-order chi connectivity index (χ0) is 25.5. The van der Waals surface area contributed by atoms with Crippen molar-refractivity contribution in [3.8, 4) is 5.75 Å². The predicted octanol–water partition coefficient (Wildman–Crippen LogP) is 8.94. The maximum atomic E-state index is 12.6. The molecule has 4 heteroatoms. The highest BCUT2D eigenvalue weighted by molar-refractivity contribution is 5.60. The topological polar surface area (TPSA) is 55.8 Å². The molecule has 0 aromatic heterocycles. The molecule has 4 nitrogen and oxygen atoms in total. The van der Waals surface area contributed by atoms with E-state index in [-0.39, 0.29) is 11.5 Å². The smallest absolute Gasteiger partial charge is 0.508 e. The van der Waals surface area contributed by atoms with Gasteiger partial charge in [0.2, 0.25) is 0 Å². The molecular formula is C32H50O4. The first-order valence-electron chi connectivity index (χ1n) is 15.1. The molecule has 1 aromatic rings. The first kappa shape index (κ1) is 27.3. The molecular weight excluding hydrogens is 448 g/mol. The molecule has 1 N–H and O–H groups in total. The van der Waals surface area contributed by atoms with Crippen LogP contribution < -0.4 is 0 Å². The van der Waals surface area contributed by atoms with Crippen molar-refractivity contribution >= 4 is 6.16 Å². The zero-order valence-corrected chi connectivity index (χ0v) is 23.1. The average Bonchev–Trinajstić information content (AvgIpc) is 3.18. The lowest BCUT2D eigenvalue weighted by Crippen LogP contribution is -2.47. The van der Waals surface area contributed by atoms with Crippen LogP contribution in [0.5, 0.6) is 5.75 Å². The molecule has 0 saturated heterocycles. The van der Waals surface area contributed by atoms with Crippen LogP contribution in [0.4, 0.5) is 4.79 Å². The first-order valence-corrected chi connectivity index (χ1v) is 15.1. The molecule has 3 aliphatic rings. The summed E-state index contributed by atoms with van der Waals surface area (Å²) in [5, 5.41) is 9.98. The van der Waals surface area contributed by atoms with Crippen LogP contribution in [0.1, 0.15) is 128 Å². The number of phenolic OH excluding ortho intramolecular Hbond substituents is 1. The standard InChI is InChI=1S/C32H50O4/c1-4-5-6-7-8-9-10-11-12-13-20-35-31(34)36-29-17-16-28-30-23(2)21-24-22-25(33)14-15-26(24)27(30)18-19-32(28,29)3/h14-15,22-23,27-30,33H,4-13,16-21H2,1-3H3. The molecule has 6 unspecified atom stereocenters. The SMILES string of the molecule is CCCCCCCCCCCCOC(=O)OC1CCC2C3C(C)Cc4cc(O)ccc4C3CCC12C. The van der Waals surface area contributed by atoms with Crippen molar-refractivity contribution in [1.29, 1.82) is 0 Å². The summed E-state index contributed by atoms with van der Waals surface area (Å²) >= 11 is 0. The van der Waals surface area contributed by atoms with E-state index >= 15 is 0 Å². The van der Waals surface area contributed by atoms with Gasteiger partial charge in [-0.1, -0.05) is 84.6 Å². The third kappa shape index (κ3) is 6.22. The number of aromatic hydroxyl groups is 1. The van der Waals surface area contributed by atoms with Crippen LogP contribution in [0.15, 0.2) is 18.2 Å². The Kier molecular flexibility index (Phi) is 9.64. The van der Waals surface area contributed by atoms with E-state index in [0.717, 1.165) is 44.9 Å². The van der Waals surface area contributed by atoms with Crippen molar-refractivity contribution < 1.29 is 19.4 Å². The summed E-state index contributed by atoms with van der Waals surface area (Å²) in [5.74, 6) is 2.72. The Morgan fingerprint density at radius 2 is 1.69 bits per heavy atom. The molecule has 0 spiro atoms. The van der Waals surface area contributed by atoms with Gasteiger partial charge in [0.05, 0.1) is 6.61 Å². The van der Waals surface area contributed by atoms with E-state index in [4.69, 9.17) is 9.47 Å². The van der Waals surface area contributed by atoms with Crippen LogP contribution in [0, 0.1) is 23.2 Å². The van der Waals surface area contributed by atoms with E-state index in [1.165, 1.54) is 62.5 Å². The van der Waals surface area contributed by atoms with Crippen molar-refractivity contribution in [1.82, 2.24) is 0 Å². The van der Waals surface area contributed by atoms with E-state index in [9.17, 15) is 9.90 Å². The highest BCUT2D eigenvalue weighted by Crippen LogP contribution is 2.62. The monoisotopic (exact) mass is 498 g/mol. The lowest BCUT2D eigenvalue weighted by molar-refractivity contribution is -0.0618. The van der Waals surface area contributed by atoms with Crippen LogP contribution >= 0.6 is 0 Å². The number of phenols is 1. The maximum absolute atomic E-state index is 12.6. The summed E-state index contributed by atoms with van der Waals surface area (Å²) in [6.45, 7) is 7.48. The number of unbranched alkanes of at least 4 members (excludes halogenated alkanes) is 9. The van der Waals surface area contributed by atoms with Gasteiger partial charge in [-0.2, -0.15) is 0 Å². The van der Waals surface area contributed by atoms with Gasteiger partial charge >= 0.3 is 6.16 Å². The summed E-state index contributed by atoms with van der Waals surface area (Å²) in [6, 6.07) is 5.98. The quantitative estimate of drug-likeness (QED) is 0.231. The Labute approximate surface area is 219 Å². The van der Waals surface area contributed by atoms with Crippen molar-refractivity contribution in [2.45, 2.75) is 129 Å². The van der Waals surface area contributed by atoms with E-state index in [2.05, 4.69) is 26.8 Å². The van der Waals surface area contributed by atoms with Gasteiger partial charge in [-0.3, -0.25) is 0 Å². The highest BCUT2D eigenvalue weighted by Gasteiger charge is 2.57. The van der Waals surface area contributed by atoms with Crippen molar-refractivity contribution in [3.63, 3.8) is 0 Å². The van der Waals surface area contributed by atoms with Gasteiger partial charge in [0.15, 0.2) is 0 Å². The van der Waals surface area contributed by atoms with Gasteiger partial charge < -0.3 is 14.6 Å². The van der Waals surface area contributed by atoms with Crippen LogP contribution in [0.3, 0.4) is 0 Å². The van der Waals surface area contributed by atoms with Gasteiger partial charge in [-0.25, -0.2) is 4.79 Å². The van der Waals surface area contributed by atoms with Gasteiger partial charge in [-0.15, -0.1) is 0 Å². The molecule has 2 fully saturated rings. The minimum atomic E-state index is -0.461. The lowest BCUT2D eigenvalue weighted by Gasteiger charge is -2.52. The highest BCUT2D eigenvalue weighted by atomic mass is 16.7. The molecule has 0 aliphatic heterocycles. The molecule has 1 aromatic carbocycles. The molecule has 36 heavy (non-hydrogen) atoms. The fourth-order valence-electron chi connectivity index (χ4n) is 8.01. The molecule has 0 heterocycles. The van der Waals surface area contributed by atoms with Crippen molar-refractivity contribution in [2.24, 2.45) is 23.2 Å². The molecule has 0 bridgehead atoms.